The molecule has 1 aromatic heterocycles. The molecule has 0 radical (unpaired) electrons. The van der Waals surface area contributed by atoms with E-state index in [1.54, 1.807) is 0 Å². The summed E-state index contributed by atoms with van der Waals surface area (Å²) in [5, 5.41) is 10.8. The Hall–Kier alpha value is -2.60. The zero-order valence-electron chi connectivity index (χ0n) is 16.5. The van der Waals surface area contributed by atoms with Crippen LogP contribution in [0.5, 0.6) is 0 Å². The van der Waals surface area contributed by atoms with Gasteiger partial charge in [0.15, 0.2) is 5.82 Å². The quantitative estimate of drug-likeness (QED) is 0.549. The molecule has 2 N–H and O–H groups in total. The number of rotatable bonds is 8. The van der Waals surface area contributed by atoms with Crippen molar-refractivity contribution in [3.8, 4) is 11.4 Å². The first-order valence-corrected chi connectivity index (χ1v) is 10.6. The van der Waals surface area contributed by atoms with Crippen molar-refractivity contribution in [3.05, 3.63) is 65.2 Å². The SMILES string of the molecule is CCc1ccc(-c2nc(SCC(=O)N[C@@H](C)c3ccc(CC)cc3)n[nH]2)cc1. The van der Waals surface area contributed by atoms with E-state index in [-0.39, 0.29) is 17.7 Å². The van der Waals surface area contributed by atoms with Gasteiger partial charge < -0.3 is 5.32 Å². The number of carbonyl (C=O) groups excluding carboxylic acids is 1. The van der Waals surface area contributed by atoms with Gasteiger partial charge in [0.25, 0.3) is 0 Å². The van der Waals surface area contributed by atoms with Gasteiger partial charge in [-0.1, -0.05) is 74.1 Å². The summed E-state index contributed by atoms with van der Waals surface area (Å²) >= 11 is 1.33. The summed E-state index contributed by atoms with van der Waals surface area (Å²) < 4.78 is 0. The minimum absolute atomic E-state index is 0.0289. The first-order valence-electron chi connectivity index (χ1n) is 9.61. The zero-order chi connectivity index (χ0) is 19.9. The Balaban J connectivity index is 1.52. The number of hydrogen-bond donors (Lipinski definition) is 2. The third-order valence-corrected chi connectivity index (χ3v) is 5.55. The van der Waals surface area contributed by atoms with Gasteiger partial charge in [0.1, 0.15) is 0 Å². The average Bonchev–Trinajstić information content (AvgIpc) is 3.21. The second-order valence-electron chi connectivity index (χ2n) is 6.69. The fraction of sp³-hybridized carbons (Fsp3) is 0.318. The number of amides is 1. The molecule has 28 heavy (non-hydrogen) atoms. The van der Waals surface area contributed by atoms with Crippen molar-refractivity contribution in [2.75, 3.05) is 5.75 Å². The minimum atomic E-state index is -0.0317. The van der Waals surface area contributed by atoms with Gasteiger partial charge in [-0.05, 0) is 36.5 Å². The number of aromatic amines is 1. The number of hydrogen-bond acceptors (Lipinski definition) is 4. The number of H-pyrrole nitrogens is 1. The second-order valence-corrected chi connectivity index (χ2v) is 7.63. The van der Waals surface area contributed by atoms with E-state index >= 15 is 0 Å². The van der Waals surface area contributed by atoms with Crippen LogP contribution in [0.4, 0.5) is 0 Å². The highest BCUT2D eigenvalue weighted by Crippen LogP contribution is 2.20. The standard InChI is InChI=1S/C22H26N4OS/c1-4-16-6-10-18(11-7-16)15(3)23-20(27)14-28-22-24-21(25-26-22)19-12-8-17(5-2)9-13-19/h6-13,15H,4-5,14H2,1-3H3,(H,23,27)(H,24,25,26)/t15-/m0/s1. The molecule has 0 spiro atoms. The van der Waals surface area contributed by atoms with Crippen molar-refractivity contribution in [1.82, 2.24) is 20.5 Å². The number of nitrogens with zero attached hydrogens (tertiary/aromatic N) is 2. The molecule has 0 saturated heterocycles. The molecule has 0 bridgehead atoms. The van der Waals surface area contributed by atoms with Crippen LogP contribution in [-0.2, 0) is 17.6 Å². The molecular weight excluding hydrogens is 368 g/mol. The molecule has 1 amide bonds. The van der Waals surface area contributed by atoms with Gasteiger partial charge in [-0.3, -0.25) is 9.89 Å². The van der Waals surface area contributed by atoms with E-state index in [1.807, 2.05) is 19.1 Å². The van der Waals surface area contributed by atoms with Crippen molar-refractivity contribution in [1.29, 1.82) is 0 Å². The average molecular weight is 395 g/mol. The van der Waals surface area contributed by atoms with Crippen LogP contribution in [0.3, 0.4) is 0 Å². The summed E-state index contributed by atoms with van der Waals surface area (Å²) in [6.07, 6.45) is 2.02. The van der Waals surface area contributed by atoms with Crippen molar-refractivity contribution in [3.63, 3.8) is 0 Å². The smallest absolute Gasteiger partial charge is 0.230 e. The highest BCUT2D eigenvalue weighted by Gasteiger charge is 2.12. The molecule has 6 heteroatoms. The fourth-order valence-electron chi connectivity index (χ4n) is 2.88. The molecule has 0 unspecified atom stereocenters. The van der Waals surface area contributed by atoms with Crippen molar-refractivity contribution < 1.29 is 4.79 Å². The van der Waals surface area contributed by atoms with Gasteiger partial charge in [0.2, 0.25) is 11.1 Å². The van der Waals surface area contributed by atoms with E-state index in [4.69, 9.17) is 0 Å². The lowest BCUT2D eigenvalue weighted by molar-refractivity contribution is -0.119. The van der Waals surface area contributed by atoms with Crippen LogP contribution in [0.2, 0.25) is 0 Å². The summed E-state index contributed by atoms with van der Waals surface area (Å²) in [5.74, 6) is 0.967. The van der Waals surface area contributed by atoms with E-state index in [9.17, 15) is 4.79 Å². The summed E-state index contributed by atoms with van der Waals surface area (Å²) in [6.45, 7) is 6.25. The van der Waals surface area contributed by atoms with Crippen LogP contribution in [0.1, 0.15) is 43.5 Å². The number of nitrogens with one attached hydrogen (secondary N) is 2. The molecule has 0 saturated carbocycles. The van der Waals surface area contributed by atoms with E-state index in [1.165, 1.54) is 22.9 Å². The Bertz CT molecular complexity index is 903. The van der Waals surface area contributed by atoms with Crippen LogP contribution >= 0.6 is 11.8 Å². The van der Waals surface area contributed by atoms with E-state index in [0.29, 0.717) is 5.16 Å². The first kappa shape index (κ1) is 20.1. The highest BCUT2D eigenvalue weighted by molar-refractivity contribution is 7.99. The Morgan fingerprint density at radius 3 is 2.25 bits per heavy atom. The summed E-state index contributed by atoms with van der Waals surface area (Å²) in [6, 6.07) is 16.6. The van der Waals surface area contributed by atoms with Crippen LogP contribution < -0.4 is 5.32 Å². The van der Waals surface area contributed by atoms with Gasteiger partial charge >= 0.3 is 0 Å². The van der Waals surface area contributed by atoms with Crippen LogP contribution in [0, 0.1) is 0 Å². The lowest BCUT2D eigenvalue weighted by Crippen LogP contribution is -2.28. The molecule has 3 rings (SSSR count). The molecule has 5 nitrogen and oxygen atoms in total. The molecular formula is C22H26N4OS. The van der Waals surface area contributed by atoms with Crippen LogP contribution in [-0.4, -0.2) is 26.8 Å². The monoisotopic (exact) mass is 394 g/mol. The molecule has 1 heterocycles. The van der Waals surface area contributed by atoms with Crippen LogP contribution in [0.25, 0.3) is 11.4 Å². The van der Waals surface area contributed by atoms with Crippen molar-refractivity contribution >= 4 is 17.7 Å². The fourth-order valence-corrected chi connectivity index (χ4v) is 3.49. The summed E-state index contributed by atoms with van der Waals surface area (Å²) in [7, 11) is 0. The maximum Gasteiger partial charge on any atom is 0.230 e. The predicted octanol–water partition coefficient (Wildman–Crippen LogP) is 4.57. The third kappa shape index (κ3) is 5.23. The maximum absolute atomic E-state index is 12.3. The molecule has 3 aromatic rings. The van der Waals surface area contributed by atoms with E-state index < -0.39 is 0 Å². The van der Waals surface area contributed by atoms with Gasteiger partial charge in [-0.25, -0.2) is 4.98 Å². The largest absolute Gasteiger partial charge is 0.349 e. The van der Waals surface area contributed by atoms with Crippen LogP contribution in [0.15, 0.2) is 53.7 Å². The summed E-state index contributed by atoms with van der Waals surface area (Å²) in [4.78, 5) is 16.8. The normalized spacial score (nSPS) is 12.0. The van der Waals surface area contributed by atoms with Gasteiger partial charge in [-0.15, -0.1) is 5.10 Å². The molecule has 0 aliphatic carbocycles. The maximum atomic E-state index is 12.3. The van der Waals surface area contributed by atoms with Crippen molar-refractivity contribution in [2.24, 2.45) is 0 Å². The number of thioether (sulfide) groups is 1. The molecule has 0 aliphatic heterocycles. The number of carbonyl (C=O) groups is 1. The molecule has 2 aromatic carbocycles. The predicted molar refractivity (Wildman–Crippen MR) is 114 cm³/mol. The minimum Gasteiger partial charge on any atom is -0.349 e. The number of benzene rings is 2. The Morgan fingerprint density at radius 2 is 1.64 bits per heavy atom. The number of aryl methyl sites for hydroxylation is 2. The zero-order valence-corrected chi connectivity index (χ0v) is 17.3. The molecule has 1 atom stereocenters. The molecule has 0 fully saturated rings. The Kier molecular flexibility index (Phi) is 6.87. The van der Waals surface area contributed by atoms with Gasteiger partial charge in [0.05, 0.1) is 11.8 Å². The van der Waals surface area contributed by atoms with Gasteiger partial charge in [-0.2, -0.15) is 0 Å². The lowest BCUT2D eigenvalue weighted by atomic mass is 10.1. The second kappa shape index (κ2) is 9.55. The van der Waals surface area contributed by atoms with Gasteiger partial charge in [0, 0.05) is 5.56 Å². The topological polar surface area (TPSA) is 70.7 Å². The molecule has 146 valence electrons. The first-order chi connectivity index (χ1) is 13.6. The van der Waals surface area contributed by atoms with E-state index in [2.05, 4.69) is 70.7 Å². The highest BCUT2D eigenvalue weighted by atomic mass is 32.2. The number of aromatic nitrogens is 3. The Labute approximate surface area is 170 Å². The Morgan fingerprint density at radius 1 is 1.04 bits per heavy atom. The lowest BCUT2D eigenvalue weighted by Gasteiger charge is -2.14. The van der Waals surface area contributed by atoms with Crippen molar-refractivity contribution in [2.45, 2.75) is 44.8 Å². The van der Waals surface area contributed by atoms with E-state index in [0.717, 1.165) is 29.8 Å². The molecule has 0 aliphatic rings. The summed E-state index contributed by atoms with van der Waals surface area (Å²) in [5.41, 5.74) is 4.67. The third-order valence-electron chi connectivity index (χ3n) is 4.70.